The van der Waals surface area contributed by atoms with Crippen molar-refractivity contribution in [3.05, 3.63) is 48.0 Å². The Kier molecular flexibility index (Phi) is 6.08. The number of nitrogens with one attached hydrogen (secondary N) is 1. The van der Waals surface area contributed by atoms with E-state index in [1.807, 2.05) is 4.90 Å². The maximum atomic E-state index is 12.7. The summed E-state index contributed by atoms with van der Waals surface area (Å²) in [6.45, 7) is 1.54. The van der Waals surface area contributed by atoms with Gasteiger partial charge >= 0.3 is 0 Å². The van der Waals surface area contributed by atoms with Gasteiger partial charge in [0.25, 0.3) is 15.9 Å². The molecular formula is C20H24N2O5S. The molecule has 1 N–H and O–H groups in total. The van der Waals surface area contributed by atoms with Crippen LogP contribution in [0.25, 0.3) is 0 Å². The summed E-state index contributed by atoms with van der Waals surface area (Å²) in [6, 6.07) is 10.9. The standard InChI is InChI=1S/C20H24N2O5S/c1-26-17-10-11-19(18(14-17)27-2)28(24,25)21-16-8-6-15(7-9-16)20(23)22-12-4-3-5-13-22/h6-11,14,21H,3-5,12-13H2,1-2H3. The Labute approximate surface area is 165 Å². The molecule has 28 heavy (non-hydrogen) atoms. The second kappa shape index (κ2) is 8.52. The SMILES string of the molecule is COc1ccc(S(=O)(=O)Nc2ccc(C(=O)N3CCCCC3)cc2)c(OC)c1. The van der Waals surface area contributed by atoms with Crippen LogP contribution in [0.3, 0.4) is 0 Å². The van der Waals surface area contributed by atoms with Crippen molar-refractivity contribution in [2.24, 2.45) is 0 Å². The Morgan fingerprint density at radius 2 is 1.64 bits per heavy atom. The van der Waals surface area contributed by atoms with Crippen LogP contribution in [-0.2, 0) is 10.0 Å². The number of benzene rings is 2. The van der Waals surface area contributed by atoms with Crippen LogP contribution in [0.1, 0.15) is 29.6 Å². The zero-order chi connectivity index (χ0) is 20.1. The molecular weight excluding hydrogens is 380 g/mol. The average Bonchev–Trinajstić information content (AvgIpc) is 2.73. The fourth-order valence-electron chi connectivity index (χ4n) is 3.17. The van der Waals surface area contributed by atoms with Gasteiger partial charge in [-0.3, -0.25) is 9.52 Å². The number of ether oxygens (including phenoxy) is 2. The molecule has 1 fully saturated rings. The number of methoxy groups -OCH3 is 2. The van der Waals surface area contributed by atoms with Gasteiger partial charge in [-0.05, 0) is 55.7 Å². The zero-order valence-electron chi connectivity index (χ0n) is 16.0. The molecule has 0 spiro atoms. The summed E-state index contributed by atoms with van der Waals surface area (Å²) in [6.07, 6.45) is 3.19. The first kappa shape index (κ1) is 20.0. The van der Waals surface area contributed by atoms with Gasteiger partial charge in [0.2, 0.25) is 0 Å². The number of piperidine rings is 1. The van der Waals surface area contributed by atoms with Crippen LogP contribution in [-0.4, -0.2) is 46.5 Å². The maximum Gasteiger partial charge on any atom is 0.265 e. The molecule has 0 atom stereocenters. The Morgan fingerprint density at radius 1 is 0.964 bits per heavy atom. The van der Waals surface area contributed by atoms with E-state index in [0.717, 1.165) is 32.4 Å². The number of amides is 1. The van der Waals surface area contributed by atoms with E-state index < -0.39 is 10.0 Å². The van der Waals surface area contributed by atoms with E-state index in [9.17, 15) is 13.2 Å². The molecule has 7 nitrogen and oxygen atoms in total. The van der Waals surface area contributed by atoms with E-state index in [4.69, 9.17) is 9.47 Å². The van der Waals surface area contributed by atoms with Crippen molar-refractivity contribution >= 4 is 21.6 Å². The van der Waals surface area contributed by atoms with E-state index in [0.29, 0.717) is 17.0 Å². The summed E-state index contributed by atoms with van der Waals surface area (Å²) in [5.74, 6) is 0.658. The van der Waals surface area contributed by atoms with Crippen LogP contribution >= 0.6 is 0 Å². The molecule has 3 rings (SSSR count). The van der Waals surface area contributed by atoms with Crippen molar-refractivity contribution in [2.45, 2.75) is 24.2 Å². The first-order valence-corrected chi connectivity index (χ1v) is 10.6. The lowest BCUT2D eigenvalue weighted by molar-refractivity contribution is 0.0724. The normalized spacial score (nSPS) is 14.4. The van der Waals surface area contributed by atoms with Gasteiger partial charge in [0.1, 0.15) is 16.4 Å². The molecule has 0 aliphatic carbocycles. The number of carbonyl (C=O) groups excluding carboxylic acids is 1. The van der Waals surface area contributed by atoms with Crippen LogP contribution in [0, 0.1) is 0 Å². The van der Waals surface area contributed by atoms with E-state index in [1.165, 1.54) is 26.4 Å². The quantitative estimate of drug-likeness (QED) is 0.800. The van der Waals surface area contributed by atoms with Gasteiger partial charge in [0.05, 0.1) is 14.2 Å². The second-order valence-corrected chi connectivity index (χ2v) is 8.20. The highest BCUT2D eigenvalue weighted by atomic mass is 32.2. The number of nitrogens with zero attached hydrogens (tertiary/aromatic N) is 1. The number of likely N-dealkylation sites (tertiary alicyclic amines) is 1. The van der Waals surface area contributed by atoms with Crippen LogP contribution < -0.4 is 14.2 Å². The summed E-state index contributed by atoms with van der Waals surface area (Å²) in [5, 5.41) is 0. The third-order valence-corrected chi connectivity index (χ3v) is 6.11. The predicted octanol–water partition coefficient (Wildman–Crippen LogP) is 3.13. The molecule has 1 saturated heterocycles. The summed E-state index contributed by atoms with van der Waals surface area (Å²) in [5.41, 5.74) is 0.917. The van der Waals surface area contributed by atoms with Crippen molar-refractivity contribution in [1.29, 1.82) is 0 Å². The molecule has 1 aliphatic heterocycles. The number of hydrogen-bond donors (Lipinski definition) is 1. The average molecular weight is 404 g/mol. The highest BCUT2D eigenvalue weighted by Gasteiger charge is 2.21. The van der Waals surface area contributed by atoms with Gasteiger partial charge in [0, 0.05) is 30.4 Å². The molecule has 2 aromatic carbocycles. The van der Waals surface area contributed by atoms with E-state index in [-0.39, 0.29) is 16.6 Å². The van der Waals surface area contributed by atoms with Crippen molar-refractivity contribution in [1.82, 2.24) is 4.90 Å². The van der Waals surface area contributed by atoms with Gasteiger partial charge < -0.3 is 14.4 Å². The van der Waals surface area contributed by atoms with Crippen LogP contribution in [0.2, 0.25) is 0 Å². The molecule has 8 heteroatoms. The van der Waals surface area contributed by atoms with Gasteiger partial charge in [-0.1, -0.05) is 0 Å². The smallest absolute Gasteiger partial charge is 0.265 e. The van der Waals surface area contributed by atoms with Crippen molar-refractivity contribution < 1.29 is 22.7 Å². The van der Waals surface area contributed by atoms with Crippen LogP contribution in [0.4, 0.5) is 5.69 Å². The molecule has 2 aromatic rings. The minimum Gasteiger partial charge on any atom is -0.497 e. The Morgan fingerprint density at radius 3 is 2.25 bits per heavy atom. The lowest BCUT2D eigenvalue weighted by atomic mass is 10.1. The number of hydrogen-bond acceptors (Lipinski definition) is 5. The molecule has 0 radical (unpaired) electrons. The third-order valence-electron chi connectivity index (χ3n) is 4.69. The minimum absolute atomic E-state index is 0.00395. The first-order chi connectivity index (χ1) is 13.4. The van der Waals surface area contributed by atoms with Crippen molar-refractivity contribution in [3.8, 4) is 11.5 Å². The molecule has 1 amide bonds. The fraction of sp³-hybridized carbons (Fsp3) is 0.350. The molecule has 0 aromatic heterocycles. The van der Waals surface area contributed by atoms with E-state index in [2.05, 4.69) is 4.72 Å². The number of carbonyl (C=O) groups is 1. The highest BCUT2D eigenvalue weighted by Crippen LogP contribution is 2.30. The lowest BCUT2D eigenvalue weighted by Gasteiger charge is -2.26. The fourth-order valence-corrected chi connectivity index (χ4v) is 4.38. The lowest BCUT2D eigenvalue weighted by Crippen LogP contribution is -2.35. The molecule has 1 heterocycles. The first-order valence-electron chi connectivity index (χ1n) is 9.09. The Bertz CT molecular complexity index is 936. The second-order valence-electron chi connectivity index (χ2n) is 6.55. The molecule has 0 saturated carbocycles. The minimum atomic E-state index is -3.86. The number of sulfonamides is 1. The monoisotopic (exact) mass is 404 g/mol. The third kappa shape index (κ3) is 4.39. The molecule has 0 bridgehead atoms. The summed E-state index contributed by atoms with van der Waals surface area (Å²) in [7, 11) is -0.969. The maximum absolute atomic E-state index is 12.7. The van der Waals surface area contributed by atoms with Gasteiger partial charge in [-0.25, -0.2) is 8.42 Å². The highest BCUT2D eigenvalue weighted by molar-refractivity contribution is 7.92. The van der Waals surface area contributed by atoms with E-state index in [1.54, 1.807) is 30.3 Å². The molecule has 150 valence electrons. The Balaban J connectivity index is 1.77. The van der Waals surface area contributed by atoms with Crippen molar-refractivity contribution in [3.63, 3.8) is 0 Å². The summed E-state index contributed by atoms with van der Waals surface area (Å²) >= 11 is 0. The number of rotatable bonds is 6. The van der Waals surface area contributed by atoms with Gasteiger partial charge in [-0.15, -0.1) is 0 Å². The van der Waals surface area contributed by atoms with Gasteiger partial charge in [-0.2, -0.15) is 0 Å². The zero-order valence-corrected chi connectivity index (χ0v) is 16.8. The molecule has 1 aliphatic rings. The van der Waals surface area contributed by atoms with Crippen LogP contribution in [0.5, 0.6) is 11.5 Å². The number of anilines is 1. The van der Waals surface area contributed by atoms with E-state index >= 15 is 0 Å². The topological polar surface area (TPSA) is 84.9 Å². The summed E-state index contributed by atoms with van der Waals surface area (Å²) < 4.78 is 38.3. The summed E-state index contributed by atoms with van der Waals surface area (Å²) in [4.78, 5) is 14.4. The molecule has 0 unspecified atom stereocenters. The largest absolute Gasteiger partial charge is 0.497 e. The predicted molar refractivity (Wildman–Crippen MR) is 107 cm³/mol. The van der Waals surface area contributed by atoms with Crippen LogP contribution in [0.15, 0.2) is 47.4 Å². The van der Waals surface area contributed by atoms with Gasteiger partial charge in [0.15, 0.2) is 0 Å². The Hall–Kier alpha value is -2.74. The van der Waals surface area contributed by atoms with Crippen molar-refractivity contribution in [2.75, 3.05) is 32.0 Å².